The van der Waals surface area contributed by atoms with E-state index in [4.69, 9.17) is 4.74 Å². The first-order valence-electron chi connectivity index (χ1n) is 8.13. The van der Waals surface area contributed by atoms with Gasteiger partial charge in [-0.05, 0) is 55.0 Å². The summed E-state index contributed by atoms with van der Waals surface area (Å²) in [5.41, 5.74) is 3.66. The lowest BCUT2D eigenvalue weighted by Gasteiger charge is -2.33. The Balaban J connectivity index is 1.56. The first kappa shape index (κ1) is 15.8. The Morgan fingerprint density at radius 1 is 1.09 bits per heavy atom. The number of quaternary nitrogens is 1. The molecule has 0 amide bonds. The zero-order valence-electron chi connectivity index (χ0n) is 13.8. The molecule has 2 aromatic rings. The van der Waals surface area contributed by atoms with Gasteiger partial charge in [0.1, 0.15) is 18.1 Å². The Hall–Kier alpha value is -2.07. The van der Waals surface area contributed by atoms with E-state index in [2.05, 4.69) is 30.0 Å². The molecule has 0 unspecified atom stereocenters. The summed E-state index contributed by atoms with van der Waals surface area (Å²) in [5.74, 6) is 0.776. The van der Waals surface area contributed by atoms with Gasteiger partial charge >= 0.3 is 0 Å². The van der Waals surface area contributed by atoms with Crippen LogP contribution < -0.4 is 14.5 Å². The van der Waals surface area contributed by atoms with Crippen LogP contribution in [0.25, 0.3) is 0 Å². The minimum Gasteiger partial charge on any atom is -0.496 e. The molecule has 1 saturated heterocycles. The normalized spacial score (nSPS) is 15.7. The topological polar surface area (TPSA) is 16.9 Å². The average Bonchev–Trinajstić information content (AvgIpc) is 2.57. The van der Waals surface area contributed by atoms with Gasteiger partial charge in [-0.15, -0.1) is 0 Å². The summed E-state index contributed by atoms with van der Waals surface area (Å²) in [6.07, 6.45) is 0. The molecule has 0 aliphatic carbocycles. The Morgan fingerprint density at radius 2 is 1.78 bits per heavy atom. The van der Waals surface area contributed by atoms with Gasteiger partial charge in [0.25, 0.3) is 0 Å². The van der Waals surface area contributed by atoms with Gasteiger partial charge in [-0.3, -0.25) is 0 Å². The highest BCUT2D eigenvalue weighted by Gasteiger charge is 2.20. The number of halogens is 1. The van der Waals surface area contributed by atoms with Crippen LogP contribution in [-0.4, -0.2) is 33.3 Å². The maximum atomic E-state index is 13.0. The molecule has 0 aromatic heterocycles. The van der Waals surface area contributed by atoms with Gasteiger partial charge in [0.15, 0.2) is 0 Å². The summed E-state index contributed by atoms with van der Waals surface area (Å²) >= 11 is 0. The lowest BCUT2D eigenvalue weighted by molar-refractivity contribution is -0.914. The fraction of sp³-hybridized carbons (Fsp3) is 0.368. The van der Waals surface area contributed by atoms with Gasteiger partial charge < -0.3 is 14.5 Å². The van der Waals surface area contributed by atoms with Crippen LogP contribution in [0.1, 0.15) is 11.1 Å². The molecule has 1 fully saturated rings. The molecule has 0 spiro atoms. The number of anilines is 1. The van der Waals surface area contributed by atoms with E-state index in [-0.39, 0.29) is 5.82 Å². The van der Waals surface area contributed by atoms with E-state index in [1.165, 1.54) is 23.3 Å². The lowest BCUT2D eigenvalue weighted by atomic mass is 10.1. The Kier molecular flexibility index (Phi) is 4.82. The molecule has 0 atom stereocenters. The van der Waals surface area contributed by atoms with Gasteiger partial charge in [0, 0.05) is 11.3 Å². The molecule has 1 N–H and O–H groups in total. The van der Waals surface area contributed by atoms with Gasteiger partial charge in [0.05, 0.1) is 33.3 Å². The number of benzene rings is 2. The molecule has 1 aliphatic heterocycles. The van der Waals surface area contributed by atoms with Crippen LogP contribution in [0.2, 0.25) is 0 Å². The molecule has 0 saturated carbocycles. The SMILES string of the molecule is COc1ccc(C[NH+]2CCN(c3ccc(F)cc3)CC2)cc1C. The average molecular weight is 315 g/mol. The van der Waals surface area contributed by atoms with Crippen LogP contribution in [0.5, 0.6) is 5.75 Å². The Bertz CT molecular complexity index is 649. The summed E-state index contributed by atoms with van der Waals surface area (Å²) in [4.78, 5) is 3.93. The third-order valence-corrected chi connectivity index (χ3v) is 4.58. The van der Waals surface area contributed by atoms with Crippen LogP contribution in [0.15, 0.2) is 42.5 Å². The quantitative estimate of drug-likeness (QED) is 0.930. The van der Waals surface area contributed by atoms with E-state index < -0.39 is 0 Å². The third kappa shape index (κ3) is 3.82. The maximum absolute atomic E-state index is 13.0. The number of nitrogens with one attached hydrogen (secondary N) is 1. The monoisotopic (exact) mass is 315 g/mol. The van der Waals surface area contributed by atoms with Crippen molar-refractivity contribution < 1.29 is 14.0 Å². The van der Waals surface area contributed by atoms with Crippen LogP contribution in [-0.2, 0) is 6.54 Å². The number of hydrogen-bond donors (Lipinski definition) is 1. The van der Waals surface area contributed by atoms with Crippen molar-refractivity contribution in [3.8, 4) is 5.75 Å². The van der Waals surface area contributed by atoms with Crippen molar-refractivity contribution in [3.63, 3.8) is 0 Å². The first-order valence-corrected chi connectivity index (χ1v) is 8.13. The predicted molar refractivity (Wildman–Crippen MR) is 90.7 cm³/mol. The number of nitrogens with zero attached hydrogens (tertiary/aromatic N) is 1. The fourth-order valence-electron chi connectivity index (χ4n) is 3.25. The fourth-order valence-corrected chi connectivity index (χ4v) is 3.25. The second-order valence-corrected chi connectivity index (χ2v) is 6.19. The molecule has 1 heterocycles. The van der Waals surface area contributed by atoms with Crippen molar-refractivity contribution >= 4 is 5.69 Å². The molecule has 1 aliphatic rings. The molecule has 0 bridgehead atoms. The van der Waals surface area contributed by atoms with Crippen LogP contribution >= 0.6 is 0 Å². The number of methoxy groups -OCH3 is 1. The molecule has 23 heavy (non-hydrogen) atoms. The molecular formula is C19H24FN2O+. The van der Waals surface area contributed by atoms with Crippen molar-refractivity contribution in [2.24, 2.45) is 0 Å². The van der Waals surface area contributed by atoms with E-state index in [0.29, 0.717) is 0 Å². The standard InChI is InChI=1S/C19H23FN2O/c1-15-13-16(3-8-19(15)23-2)14-21-9-11-22(12-10-21)18-6-4-17(20)5-7-18/h3-8,13H,9-12,14H2,1-2H3/p+1. The lowest BCUT2D eigenvalue weighted by Crippen LogP contribution is -3.13. The van der Waals surface area contributed by atoms with Crippen molar-refractivity contribution in [1.82, 2.24) is 0 Å². The van der Waals surface area contributed by atoms with E-state index in [9.17, 15) is 4.39 Å². The zero-order valence-corrected chi connectivity index (χ0v) is 13.8. The Morgan fingerprint density at radius 3 is 2.39 bits per heavy atom. The minimum atomic E-state index is -0.173. The van der Waals surface area contributed by atoms with Gasteiger partial charge in [-0.2, -0.15) is 0 Å². The third-order valence-electron chi connectivity index (χ3n) is 4.58. The van der Waals surface area contributed by atoms with E-state index in [1.54, 1.807) is 12.0 Å². The summed E-state index contributed by atoms with van der Waals surface area (Å²) in [6, 6.07) is 13.2. The summed E-state index contributed by atoms with van der Waals surface area (Å²) in [6.45, 7) is 7.35. The van der Waals surface area contributed by atoms with Crippen LogP contribution in [0, 0.1) is 12.7 Å². The van der Waals surface area contributed by atoms with Gasteiger partial charge in [-0.25, -0.2) is 4.39 Å². The number of ether oxygens (including phenoxy) is 1. The van der Waals surface area contributed by atoms with Crippen LogP contribution in [0.4, 0.5) is 10.1 Å². The van der Waals surface area contributed by atoms with Gasteiger partial charge in [-0.1, -0.05) is 0 Å². The summed E-state index contributed by atoms with van der Waals surface area (Å²) in [7, 11) is 1.71. The maximum Gasteiger partial charge on any atom is 0.123 e. The molecule has 4 heteroatoms. The van der Waals surface area contributed by atoms with Crippen LogP contribution in [0.3, 0.4) is 0 Å². The van der Waals surface area contributed by atoms with Crippen molar-refractivity contribution in [2.45, 2.75) is 13.5 Å². The number of hydrogen-bond acceptors (Lipinski definition) is 2. The van der Waals surface area contributed by atoms with Crippen molar-refractivity contribution in [2.75, 3.05) is 38.2 Å². The molecule has 3 rings (SSSR count). The molecule has 2 aromatic carbocycles. The highest BCUT2D eigenvalue weighted by atomic mass is 19.1. The molecular weight excluding hydrogens is 291 g/mol. The summed E-state index contributed by atoms with van der Waals surface area (Å²) in [5, 5.41) is 0. The second kappa shape index (κ2) is 7.01. The van der Waals surface area contributed by atoms with E-state index in [0.717, 1.165) is 44.2 Å². The van der Waals surface area contributed by atoms with E-state index >= 15 is 0 Å². The minimum absolute atomic E-state index is 0.173. The van der Waals surface area contributed by atoms with Gasteiger partial charge in [0.2, 0.25) is 0 Å². The number of piperazine rings is 1. The summed E-state index contributed by atoms with van der Waals surface area (Å²) < 4.78 is 18.3. The number of aryl methyl sites for hydroxylation is 1. The van der Waals surface area contributed by atoms with Crippen molar-refractivity contribution in [3.05, 3.63) is 59.4 Å². The predicted octanol–water partition coefficient (Wildman–Crippen LogP) is 2.05. The highest BCUT2D eigenvalue weighted by molar-refractivity contribution is 5.46. The molecule has 0 radical (unpaired) electrons. The molecule has 122 valence electrons. The first-order chi connectivity index (χ1) is 11.2. The van der Waals surface area contributed by atoms with E-state index in [1.807, 2.05) is 12.1 Å². The highest BCUT2D eigenvalue weighted by Crippen LogP contribution is 2.18. The smallest absolute Gasteiger partial charge is 0.123 e. The molecule has 3 nitrogen and oxygen atoms in total. The second-order valence-electron chi connectivity index (χ2n) is 6.19. The zero-order chi connectivity index (χ0) is 16.2. The largest absolute Gasteiger partial charge is 0.496 e. The number of rotatable bonds is 4. The Labute approximate surface area is 137 Å². The van der Waals surface area contributed by atoms with Crippen molar-refractivity contribution in [1.29, 1.82) is 0 Å².